The van der Waals surface area contributed by atoms with E-state index in [0.717, 1.165) is 35.4 Å². The average molecular weight is 394 g/mol. The summed E-state index contributed by atoms with van der Waals surface area (Å²) in [6.07, 6.45) is 1.76. The molecule has 0 saturated carbocycles. The molecule has 1 fully saturated rings. The number of hydrogen-bond acceptors (Lipinski definition) is 4. The number of carbonyl (C=O) groups is 1. The van der Waals surface area contributed by atoms with E-state index in [-0.39, 0.29) is 11.8 Å². The van der Waals surface area contributed by atoms with Gasteiger partial charge in [0.15, 0.2) is 0 Å². The lowest BCUT2D eigenvalue weighted by molar-refractivity contribution is 0.191. The standard InChI is InChI=1S/C22H23FN4O2/c23-18-3-5-19(6-4-18)26-11-13-27(14-12-26)22(28)25-10-15-29-20-7-8-21-17(16-20)2-1-9-24-21/h1-9,16H,10-15H2,(H,25,28). The Labute approximate surface area is 168 Å². The highest BCUT2D eigenvalue weighted by atomic mass is 19.1. The predicted molar refractivity (Wildman–Crippen MR) is 111 cm³/mol. The molecule has 0 unspecified atom stereocenters. The van der Waals surface area contributed by atoms with Crippen molar-refractivity contribution in [3.63, 3.8) is 0 Å². The number of aromatic nitrogens is 1. The van der Waals surface area contributed by atoms with Crippen LogP contribution < -0.4 is 15.0 Å². The summed E-state index contributed by atoms with van der Waals surface area (Å²) < 4.78 is 18.8. The van der Waals surface area contributed by atoms with Crippen LogP contribution in [-0.4, -0.2) is 55.2 Å². The van der Waals surface area contributed by atoms with E-state index in [2.05, 4.69) is 15.2 Å². The van der Waals surface area contributed by atoms with Gasteiger partial charge in [0.1, 0.15) is 18.2 Å². The maximum atomic E-state index is 13.1. The summed E-state index contributed by atoms with van der Waals surface area (Å²) >= 11 is 0. The van der Waals surface area contributed by atoms with Gasteiger partial charge in [0.25, 0.3) is 0 Å². The molecule has 1 aromatic heterocycles. The Morgan fingerprint density at radius 1 is 1.07 bits per heavy atom. The average Bonchev–Trinajstić information content (AvgIpc) is 2.77. The Morgan fingerprint density at radius 3 is 2.66 bits per heavy atom. The lowest BCUT2D eigenvalue weighted by Crippen LogP contribution is -2.52. The van der Waals surface area contributed by atoms with E-state index in [4.69, 9.17) is 4.74 Å². The first kappa shape index (κ1) is 19.0. The van der Waals surface area contributed by atoms with E-state index in [1.165, 1.54) is 12.1 Å². The van der Waals surface area contributed by atoms with Gasteiger partial charge in [-0.05, 0) is 48.5 Å². The Kier molecular flexibility index (Phi) is 5.74. The first-order valence-corrected chi connectivity index (χ1v) is 9.70. The molecule has 0 radical (unpaired) electrons. The highest BCUT2D eigenvalue weighted by Crippen LogP contribution is 2.19. The first-order chi connectivity index (χ1) is 14.2. The SMILES string of the molecule is O=C(NCCOc1ccc2ncccc2c1)N1CCN(c2ccc(F)cc2)CC1. The number of pyridine rings is 1. The number of ether oxygens (including phenoxy) is 1. The molecule has 29 heavy (non-hydrogen) atoms. The molecule has 150 valence electrons. The van der Waals surface area contributed by atoms with Crippen molar-refractivity contribution in [2.24, 2.45) is 0 Å². The van der Waals surface area contributed by atoms with Crippen LogP contribution in [0.1, 0.15) is 0 Å². The minimum atomic E-state index is -0.241. The molecular formula is C22H23FN4O2. The minimum absolute atomic E-state index is 0.0879. The molecule has 3 aromatic rings. The number of nitrogens with zero attached hydrogens (tertiary/aromatic N) is 3. The summed E-state index contributed by atoms with van der Waals surface area (Å²) in [5.74, 6) is 0.516. The number of amides is 2. The van der Waals surface area contributed by atoms with Gasteiger partial charge < -0.3 is 19.9 Å². The molecule has 1 aliphatic heterocycles. The summed E-state index contributed by atoms with van der Waals surface area (Å²) in [5.41, 5.74) is 1.90. The zero-order valence-corrected chi connectivity index (χ0v) is 16.1. The summed E-state index contributed by atoms with van der Waals surface area (Å²) in [6.45, 7) is 3.53. The third kappa shape index (κ3) is 4.74. The van der Waals surface area contributed by atoms with Crippen LogP contribution in [-0.2, 0) is 0 Å². The number of benzene rings is 2. The molecule has 1 N–H and O–H groups in total. The van der Waals surface area contributed by atoms with Crippen molar-refractivity contribution in [2.75, 3.05) is 44.2 Å². The molecule has 2 aromatic carbocycles. The zero-order valence-electron chi connectivity index (χ0n) is 16.1. The van der Waals surface area contributed by atoms with E-state index in [0.29, 0.717) is 26.2 Å². The Hall–Kier alpha value is -3.35. The fourth-order valence-electron chi connectivity index (χ4n) is 3.40. The molecule has 2 heterocycles. The third-order valence-corrected chi connectivity index (χ3v) is 4.98. The topological polar surface area (TPSA) is 57.7 Å². The van der Waals surface area contributed by atoms with Crippen LogP contribution in [0.5, 0.6) is 5.75 Å². The number of hydrogen-bond donors (Lipinski definition) is 1. The van der Waals surface area contributed by atoms with Gasteiger partial charge in [0.2, 0.25) is 0 Å². The lowest BCUT2D eigenvalue weighted by atomic mass is 10.2. The van der Waals surface area contributed by atoms with E-state index in [1.807, 2.05) is 30.3 Å². The Bertz CT molecular complexity index is 972. The molecule has 0 atom stereocenters. The number of urea groups is 1. The van der Waals surface area contributed by atoms with Gasteiger partial charge in [-0.2, -0.15) is 0 Å². The van der Waals surface area contributed by atoms with Crippen LogP contribution in [0, 0.1) is 5.82 Å². The second-order valence-electron chi connectivity index (χ2n) is 6.89. The van der Waals surface area contributed by atoms with Gasteiger partial charge in [0, 0.05) is 43.4 Å². The van der Waals surface area contributed by atoms with Gasteiger partial charge in [-0.1, -0.05) is 6.07 Å². The minimum Gasteiger partial charge on any atom is -0.492 e. The van der Waals surface area contributed by atoms with Crippen molar-refractivity contribution >= 4 is 22.6 Å². The molecule has 4 rings (SSSR count). The molecular weight excluding hydrogens is 371 g/mol. The molecule has 1 aliphatic rings. The highest BCUT2D eigenvalue weighted by molar-refractivity contribution is 5.79. The van der Waals surface area contributed by atoms with Gasteiger partial charge in [0.05, 0.1) is 12.1 Å². The van der Waals surface area contributed by atoms with Crippen molar-refractivity contribution in [1.82, 2.24) is 15.2 Å². The van der Waals surface area contributed by atoms with Crippen LogP contribution in [0.3, 0.4) is 0 Å². The molecule has 0 spiro atoms. The molecule has 1 saturated heterocycles. The van der Waals surface area contributed by atoms with Crippen LogP contribution in [0.25, 0.3) is 10.9 Å². The number of nitrogens with one attached hydrogen (secondary N) is 1. The fourth-order valence-corrected chi connectivity index (χ4v) is 3.40. The van der Waals surface area contributed by atoms with E-state index in [9.17, 15) is 9.18 Å². The molecule has 0 bridgehead atoms. The van der Waals surface area contributed by atoms with Crippen molar-refractivity contribution in [2.45, 2.75) is 0 Å². The van der Waals surface area contributed by atoms with Crippen molar-refractivity contribution < 1.29 is 13.9 Å². The third-order valence-electron chi connectivity index (χ3n) is 4.98. The first-order valence-electron chi connectivity index (χ1n) is 9.70. The predicted octanol–water partition coefficient (Wildman–Crippen LogP) is 3.28. The number of fused-ring (bicyclic) bond motifs is 1. The number of halogens is 1. The van der Waals surface area contributed by atoms with Gasteiger partial charge in [-0.25, -0.2) is 9.18 Å². The molecule has 0 aliphatic carbocycles. The van der Waals surface area contributed by atoms with Crippen LogP contribution in [0.4, 0.5) is 14.9 Å². The van der Waals surface area contributed by atoms with Crippen LogP contribution >= 0.6 is 0 Å². The summed E-state index contributed by atoms with van der Waals surface area (Å²) in [6, 6.07) is 16.0. The smallest absolute Gasteiger partial charge is 0.317 e. The van der Waals surface area contributed by atoms with Gasteiger partial charge >= 0.3 is 6.03 Å². The van der Waals surface area contributed by atoms with E-state index < -0.39 is 0 Å². The zero-order chi connectivity index (χ0) is 20.1. The second-order valence-corrected chi connectivity index (χ2v) is 6.89. The Morgan fingerprint density at radius 2 is 1.86 bits per heavy atom. The van der Waals surface area contributed by atoms with Crippen molar-refractivity contribution in [3.05, 3.63) is 66.6 Å². The number of carbonyl (C=O) groups excluding carboxylic acids is 1. The molecule has 2 amide bonds. The van der Waals surface area contributed by atoms with E-state index >= 15 is 0 Å². The highest BCUT2D eigenvalue weighted by Gasteiger charge is 2.21. The van der Waals surface area contributed by atoms with Crippen molar-refractivity contribution in [1.29, 1.82) is 0 Å². The number of piperazine rings is 1. The Balaban J connectivity index is 1.19. The number of rotatable bonds is 5. The van der Waals surface area contributed by atoms with E-state index in [1.54, 1.807) is 23.2 Å². The van der Waals surface area contributed by atoms with Gasteiger partial charge in [-0.3, -0.25) is 4.98 Å². The monoisotopic (exact) mass is 394 g/mol. The normalized spacial score (nSPS) is 14.1. The number of anilines is 1. The van der Waals surface area contributed by atoms with Crippen LogP contribution in [0.15, 0.2) is 60.8 Å². The fraction of sp³-hybridized carbons (Fsp3) is 0.273. The quantitative estimate of drug-likeness (QED) is 0.675. The van der Waals surface area contributed by atoms with Crippen molar-refractivity contribution in [3.8, 4) is 5.75 Å². The maximum absolute atomic E-state index is 13.1. The summed E-state index contributed by atoms with van der Waals surface area (Å²) in [5, 5.41) is 3.92. The summed E-state index contributed by atoms with van der Waals surface area (Å²) in [7, 11) is 0. The second kappa shape index (κ2) is 8.77. The van der Waals surface area contributed by atoms with Gasteiger partial charge in [-0.15, -0.1) is 0 Å². The molecule has 6 nitrogen and oxygen atoms in total. The molecule has 7 heteroatoms. The maximum Gasteiger partial charge on any atom is 0.317 e. The lowest BCUT2D eigenvalue weighted by Gasteiger charge is -2.36. The van der Waals surface area contributed by atoms with Crippen LogP contribution in [0.2, 0.25) is 0 Å². The largest absolute Gasteiger partial charge is 0.492 e. The summed E-state index contributed by atoms with van der Waals surface area (Å²) in [4.78, 5) is 20.6.